The molecule has 4 heteroatoms. The Labute approximate surface area is 132 Å². The highest BCUT2D eigenvalue weighted by Crippen LogP contribution is 2.31. The van der Waals surface area contributed by atoms with Crippen LogP contribution in [0.5, 0.6) is 0 Å². The van der Waals surface area contributed by atoms with Gasteiger partial charge in [0.1, 0.15) is 0 Å². The largest absolute Gasteiger partial charge is 0.395 e. The lowest BCUT2D eigenvalue weighted by Crippen LogP contribution is -2.47. The van der Waals surface area contributed by atoms with E-state index in [1.165, 1.54) is 5.56 Å². The van der Waals surface area contributed by atoms with Crippen LogP contribution in [-0.4, -0.2) is 47.2 Å². The minimum atomic E-state index is 0.183. The van der Waals surface area contributed by atoms with Gasteiger partial charge in [0.25, 0.3) is 0 Å². The highest BCUT2D eigenvalue weighted by Gasteiger charge is 2.41. The van der Waals surface area contributed by atoms with Crippen LogP contribution < -0.4 is 5.32 Å². The van der Waals surface area contributed by atoms with Crippen LogP contribution in [0.15, 0.2) is 30.3 Å². The Morgan fingerprint density at radius 1 is 1.23 bits per heavy atom. The molecule has 0 bridgehead atoms. The Bertz CT molecular complexity index is 491. The highest BCUT2D eigenvalue weighted by atomic mass is 16.3. The summed E-state index contributed by atoms with van der Waals surface area (Å²) in [5.74, 6) is 0.194. The van der Waals surface area contributed by atoms with E-state index in [2.05, 4.69) is 34.5 Å². The molecule has 120 valence electrons. The van der Waals surface area contributed by atoms with Crippen molar-refractivity contribution in [1.82, 2.24) is 10.2 Å². The van der Waals surface area contributed by atoms with Gasteiger partial charge in [0.05, 0.1) is 6.61 Å². The molecule has 22 heavy (non-hydrogen) atoms. The molecule has 1 aromatic carbocycles. The SMILES string of the molecule is O=C1CCCC[C@H]2[C@@H](C[C@@H](Cc3ccccc3)N2CCO)N1. The molecule has 0 spiro atoms. The fourth-order valence-corrected chi connectivity index (χ4v) is 4.08. The molecule has 4 nitrogen and oxygen atoms in total. The van der Waals surface area contributed by atoms with Crippen LogP contribution in [0.3, 0.4) is 0 Å². The molecule has 2 aliphatic rings. The summed E-state index contributed by atoms with van der Waals surface area (Å²) in [5, 5.41) is 12.7. The van der Waals surface area contributed by atoms with E-state index in [1.807, 2.05) is 6.07 Å². The topological polar surface area (TPSA) is 52.6 Å². The van der Waals surface area contributed by atoms with Crippen molar-refractivity contribution in [2.45, 2.75) is 56.7 Å². The quantitative estimate of drug-likeness (QED) is 0.890. The van der Waals surface area contributed by atoms with Gasteiger partial charge in [-0.05, 0) is 31.2 Å². The van der Waals surface area contributed by atoms with Gasteiger partial charge in [0, 0.05) is 31.1 Å². The van der Waals surface area contributed by atoms with E-state index in [1.54, 1.807) is 0 Å². The fraction of sp³-hybridized carbons (Fsp3) is 0.611. The second-order valence-electron chi connectivity index (χ2n) is 6.53. The lowest BCUT2D eigenvalue weighted by molar-refractivity contribution is -0.122. The number of β-amino-alcohol motifs (C(OH)–C–C–N with tert-alkyl or cyclic N) is 1. The molecule has 0 aromatic heterocycles. The zero-order valence-electron chi connectivity index (χ0n) is 13.1. The molecule has 2 heterocycles. The number of aliphatic hydroxyl groups is 1. The standard InChI is InChI=1S/C18H26N2O2/c21-11-10-20-15(12-14-6-2-1-3-7-14)13-16-17(20)8-4-5-9-18(22)19-16/h1-3,6-7,15-17,21H,4-5,8-13H2,(H,19,22)/t15-,16-,17+/m1/s1. The lowest BCUT2D eigenvalue weighted by atomic mass is 9.97. The lowest BCUT2D eigenvalue weighted by Gasteiger charge is -2.32. The average Bonchev–Trinajstić information content (AvgIpc) is 2.80. The molecular formula is C18H26N2O2. The van der Waals surface area contributed by atoms with Gasteiger partial charge in [-0.25, -0.2) is 0 Å². The number of fused-ring (bicyclic) bond motifs is 1. The van der Waals surface area contributed by atoms with Crippen molar-refractivity contribution in [1.29, 1.82) is 0 Å². The van der Waals surface area contributed by atoms with E-state index < -0.39 is 0 Å². The van der Waals surface area contributed by atoms with E-state index >= 15 is 0 Å². The number of aliphatic hydroxyl groups excluding tert-OH is 1. The summed E-state index contributed by atoms with van der Waals surface area (Å²) in [4.78, 5) is 14.4. The zero-order valence-corrected chi connectivity index (χ0v) is 13.1. The van der Waals surface area contributed by atoms with Gasteiger partial charge in [0.15, 0.2) is 0 Å². The molecule has 1 amide bonds. The van der Waals surface area contributed by atoms with Crippen LogP contribution in [0, 0.1) is 0 Å². The second-order valence-corrected chi connectivity index (χ2v) is 6.53. The smallest absolute Gasteiger partial charge is 0.220 e. The molecule has 0 saturated carbocycles. The minimum absolute atomic E-state index is 0.183. The fourth-order valence-electron chi connectivity index (χ4n) is 4.08. The molecule has 3 atom stereocenters. The molecule has 2 saturated heterocycles. The Balaban J connectivity index is 1.75. The number of hydrogen-bond donors (Lipinski definition) is 2. The number of carbonyl (C=O) groups is 1. The van der Waals surface area contributed by atoms with E-state index in [9.17, 15) is 9.90 Å². The summed E-state index contributed by atoms with van der Waals surface area (Å²) in [6, 6.07) is 11.5. The normalized spacial score (nSPS) is 29.5. The van der Waals surface area contributed by atoms with Gasteiger partial charge >= 0.3 is 0 Å². The Morgan fingerprint density at radius 2 is 2.05 bits per heavy atom. The summed E-state index contributed by atoms with van der Waals surface area (Å²) in [6.45, 7) is 0.886. The number of nitrogens with zero attached hydrogens (tertiary/aromatic N) is 1. The van der Waals surface area contributed by atoms with E-state index in [-0.39, 0.29) is 18.6 Å². The van der Waals surface area contributed by atoms with Gasteiger partial charge in [-0.2, -0.15) is 0 Å². The van der Waals surface area contributed by atoms with E-state index in [0.717, 1.165) is 32.1 Å². The van der Waals surface area contributed by atoms with Crippen LogP contribution in [0.25, 0.3) is 0 Å². The molecular weight excluding hydrogens is 276 g/mol. The monoisotopic (exact) mass is 302 g/mol. The molecule has 2 fully saturated rings. The van der Waals surface area contributed by atoms with Gasteiger partial charge in [-0.15, -0.1) is 0 Å². The van der Waals surface area contributed by atoms with Crippen LogP contribution in [-0.2, 0) is 11.2 Å². The number of hydrogen-bond acceptors (Lipinski definition) is 3. The van der Waals surface area contributed by atoms with Crippen molar-refractivity contribution < 1.29 is 9.90 Å². The first-order chi connectivity index (χ1) is 10.8. The summed E-state index contributed by atoms with van der Waals surface area (Å²) in [5.41, 5.74) is 1.33. The average molecular weight is 302 g/mol. The molecule has 0 radical (unpaired) electrons. The van der Waals surface area contributed by atoms with Crippen LogP contribution in [0.1, 0.15) is 37.7 Å². The van der Waals surface area contributed by atoms with Crippen molar-refractivity contribution in [3.63, 3.8) is 0 Å². The summed E-state index contributed by atoms with van der Waals surface area (Å²) in [6.07, 6.45) is 5.85. The van der Waals surface area contributed by atoms with Gasteiger partial charge < -0.3 is 10.4 Å². The third-order valence-corrected chi connectivity index (χ3v) is 5.06. The highest BCUT2D eigenvalue weighted by molar-refractivity contribution is 5.76. The maximum absolute atomic E-state index is 11.9. The van der Waals surface area contributed by atoms with Crippen molar-refractivity contribution >= 4 is 5.91 Å². The predicted octanol–water partition coefficient (Wildman–Crippen LogP) is 1.72. The first-order valence-corrected chi connectivity index (χ1v) is 8.48. The van der Waals surface area contributed by atoms with E-state index in [4.69, 9.17) is 0 Å². The van der Waals surface area contributed by atoms with Gasteiger partial charge in [-0.3, -0.25) is 9.69 Å². The third kappa shape index (κ3) is 3.50. The van der Waals surface area contributed by atoms with Crippen LogP contribution in [0.4, 0.5) is 0 Å². The Kier molecular flexibility index (Phi) is 5.11. The maximum Gasteiger partial charge on any atom is 0.220 e. The van der Waals surface area contributed by atoms with Crippen molar-refractivity contribution in [3.05, 3.63) is 35.9 Å². The second kappa shape index (κ2) is 7.25. The first kappa shape index (κ1) is 15.5. The molecule has 0 aliphatic carbocycles. The number of benzene rings is 1. The molecule has 3 rings (SSSR count). The van der Waals surface area contributed by atoms with Gasteiger partial charge in [0.2, 0.25) is 5.91 Å². The predicted molar refractivity (Wildman–Crippen MR) is 86.5 cm³/mol. The number of nitrogens with one attached hydrogen (secondary N) is 1. The maximum atomic E-state index is 11.9. The van der Waals surface area contributed by atoms with Crippen molar-refractivity contribution in [2.24, 2.45) is 0 Å². The molecule has 2 N–H and O–H groups in total. The Morgan fingerprint density at radius 3 is 2.82 bits per heavy atom. The number of rotatable bonds is 4. The number of amides is 1. The first-order valence-electron chi connectivity index (χ1n) is 8.48. The Hall–Kier alpha value is -1.39. The summed E-state index contributed by atoms with van der Waals surface area (Å²) >= 11 is 0. The van der Waals surface area contributed by atoms with Crippen molar-refractivity contribution in [3.8, 4) is 0 Å². The number of carbonyl (C=O) groups excluding carboxylic acids is 1. The zero-order chi connectivity index (χ0) is 15.4. The summed E-state index contributed by atoms with van der Waals surface area (Å²) < 4.78 is 0. The molecule has 0 unspecified atom stereocenters. The van der Waals surface area contributed by atoms with Crippen LogP contribution in [0.2, 0.25) is 0 Å². The number of likely N-dealkylation sites (tertiary alicyclic amines) is 1. The van der Waals surface area contributed by atoms with Gasteiger partial charge in [-0.1, -0.05) is 36.8 Å². The third-order valence-electron chi connectivity index (χ3n) is 5.06. The summed E-state index contributed by atoms with van der Waals surface area (Å²) in [7, 11) is 0. The van der Waals surface area contributed by atoms with Crippen LogP contribution >= 0.6 is 0 Å². The van der Waals surface area contributed by atoms with Crippen molar-refractivity contribution in [2.75, 3.05) is 13.2 Å². The van der Waals surface area contributed by atoms with E-state index in [0.29, 0.717) is 25.0 Å². The molecule has 1 aromatic rings. The minimum Gasteiger partial charge on any atom is -0.395 e. The molecule has 2 aliphatic heterocycles.